The molecule has 0 radical (unpaired) electrons. The van der Waals surface area contributed by atoms with Crippen LogP contribution in [0.3, 0.4) is 0 Å². The van der Waals surface area contributed by atoms with E-state index in [2.05, 4.69) is 19.9 Å². The van der Waals surface area contributed by atoms with Crippen molar-refractivity contribution in [2.24, 2.45) is 0 Å². The molecule has 0 bridgehead atoms. The lowest BCUT2D eigenvalue weighted by Gasteiger charge is -2.22. The Labute approximate surface area is 96.6 Å². The van der Waals surface area contributed by atoms with Gasteiger partial charge in [-0.3, -0.25) is 4.79 Å². The molecule has 1 aromatic rings. The van der Waals surface area contributed by atoms with E-state index in [1.807, 2.05) is 12.1 Å². The zero-order valence-corrected chi connectivity index (χ0v) is 9.95. The van der Waals surface area contributed by atoms with Gasteiger partial charge in [0.15, 0.2) is 0 Å². The fraction of sp³-hybridized carbons (Fsp3) is 0.500. The molecule has 0 heterocycles. The maximum Gasteiger partial charge on any atom is 0.136 e. The summed E-state index contributed by atoms with van der Waals surface area (Å²) < 4.78 is 5.87. The van der Waals surface area contributed by atoms with E-state index in [0.29, 0.717) is 12.2 Å². The van der Waals surface area contributed by atoms with Crippen LogP contribution in [-0.4, -0.2) is 11.9 Å². The van der Waals surface area contributed by atoms with Crippen molar-refractivity contribution in [3.8, 4) is 5.75 Å². The van der Waals surface area contributed by atoms with Crippen LogP contribution in [0.15, 0.2) is 18.2 Å². The average Bonchev–Trinajstić information content (AvgIpc) is 2.15. The number of rotatable bonds is 2. The molecular formula is C14H18O2. The highest BCUT2D eigenvalue weighted by molar-refractivity contribution is 5.79. The molecule has 0 aromatic heterocycles. The summed E-state index contributed by atoms with van der Waals surface area (Å²) in [5, 5.41) is 0. The standard InChI is InChI=1S/C14H18O2/c1-10-6-11(2)8-14(7-10)16-13-5-3-4-12(15)9-13/h6-8,13H,3-5,9H2,1-2H3. The first-order chi connectivity index (χ1) is 7.63. The smallest absolute Gasteiger partial charge is 0.136 e. The second-order valence-electron chi connectivity index (χ2n) is 4.70. The van der Waals surface area contributed by atoms with Gasteiger partial charge in [0.25, 0.3) is 0 Å². The largest absolute Gasteiger partial charge is 0.490 e. The first kappa shape index (κ1) is 11.2. The molecule has 0 saturated heterocycles. The summed E-state index contributed by atoms with van der Waals surface area (Å²) in [6, 6.07) is 6.19. The minimum atomic E-state index is 0.0856. The van der Waals surface area contributed by atoms with Gasteiger partial charge in [-0.15, -0.1) is 0 Å². The van der Waals surface area contributed by atoms with Gasteiger partial charge in [-0.1, -0.05) is 6.07 Å². The van der Waals surface area contributed by atoms with Crippen molar-refractivity contribution in [2.45, 2.75) is 45.6 Å². The Morgan fingerprint density at radius 2 is 1.88 bits per heavy atom. The van der Waals surface area contributed by atoms with Crippen LogP contribution >= 0.6 is 0 Å². The highest BCUT2D eigenvalue weighted by Crippen LogP contribution is 2.23. The minimum absolute atomic E-state index is 0.0856. The summed E-state index contributed by atoms with van der Waals surface area (Å²) in [6.45, 7) is 4.12. The number of ketones is 1. The lowest BCUT2D eigenvalue weighted by molar-refractivity contribution is -0.122. The number of ether oxygens (including phenoxy) is 1. The molecule has 0 aliphatic heterocycles. The average molecular weight is 218 g/mol. The molecule has 2 heteroatoms. The van der Waals surface area contributed by atoms with Crippen LogP contribution in [0.4, 0.5) is 0 Å². The maximum absolute atomic E-state index is 11.3. The van der Waals surface area contributed by atoms with Crippen LogP contribution in [-0.2, 0) is 4.79 Å². The predicted octanol–water partition coefficient (Wildman–Crippen LogP) is 3.19. The summed E-state index contributed by atoms with van der Waals surface area (Å²) in [5.41, 5.74) is 2.41. The highest BCUT2D eigenvalue weighted by Gasteiger charge is 2.20. The van der Waals surface area contributed by atoms with Gasteiger partial charge >= 0.3 is 0 Å². The lowest BCUT2D eigenvalue weighted by atomic mass is 9.96. The molecule has 2 nitrogen and oxygen atoms in total. The van der Waals surface area contributed by atoms with Crippen molar-refractivity contribution in [1.82, 2.24) is 0 Å². The Hall–Kier alpha value is -1.31. The lowest BCUT2D eigenvalue weighted by Crippen LogP contribution is -2.25. The van der Waals surface area contributed by atoms with Gasteiger partial charge in [-0.2, -0.15) is 0 Å². The van der Waals surface area contributed by atoms with Crippen molar-refractivity contribution in [3.05, 3.63) is 29.3 Å². The third-order valence-electron chi connectivity index (χ3n) is 2.94. The number of carbonyl (C=O) groups is 1. The van der Waals surface area contributed by atoms with Gasteiger partial charge in [0.2, 0.25) is 0 Å². The molecule has 16 heavy (non-hydrogen) atoms. The minimum Gasteiger partial charge on any atom is -0.490 e. The van der Waals surface area contributed by atoms with Crippen LogP contribution in [0.2, 0.25) is 0 Å². The second kappa shape index (κ2) is 4.69. The highest BCUT2D eigenvalue weighted by atomic mass is 16.5. The van der Waals surface area contributed by atoms with Gasteiger partial charge in [0, 0.05) is 12.8 Å². The van der Waals surface area contributed by atoms with Crippen molar-refractivity contribution < 1.29 is 9.53 Å². The summed E-state index contributed by atoms with van der Waals surface area (Å²) >= 11 is 0. The molecule has 1 atom stereocenters. The van der Waals surface area contributed by atoms with Gasteiger partial charge in [0.05, 0.1) is 0 Å². The van der Waals surface area contributed by atoms with E-state index in [4.69, 9.17) is 4.74 Å². The van der Waals surface area contributed by atoms with Crippen LogP contribution < -0.4 is 4.74 Å². The Bertz CT molecular complexity index is 375. The van der Waals surface area contributed by atoms with Gasteiger partial charge in [-0.05, 0) is 49.9 Å². The molecule has 1 saturated carbocycles. The fourth-order valence-corrected chi connectivity index (χ4v) is 2.28. The summed E-state index contributed by atoms with van der Waals surface area (Å²) in [5.74, 6) is 1.23. The van der Waals surface area contributed by atoms with E-state index in [-0.39, 0.29) is 6.10 Å². The van der Waals surface area contributed by atoms with Crippen LogP contribution in [0, 0.1) is 13.8 Å². The zero-order chi connectivity index (χ0) is 11.5. The van der Waals surface area contributed by atoms with E-state index >= 15 is 0 Å². The van der Waals surface area contributed by atoms with Crippen LogP contribution in [0.25, 0.3) is 0 Å². The Balaban J connectivity index is 2.05. The van der Waals surface area contributed by atoms with Crippen molar-refractivity contribution in [1.29, 1.82) is 0 Å². The summed E-state index contributed by atoms with van der Waals surface area (Å²) in [6.07, 6.45) is 3.36. The number of hydrogen-bond donors (Lipinski definition) is 0. The van der Waals surface area contributed by atoms with Crippen molar-refractivity contribution in [3.63, 3.8) is 0 Å². The SMILES string of the molecule is Cc1cc(C)cc(OC2CCCC(=O)C2)c1. The van der Waals surface area contributed by atoms with E-state index in [1.54, 1.807) is 0 Å². The number of benzene rings is 1. The Morgan fingerprint density at radius 1 is 1.19 bits per heavy atom. The van der Waals surface area contributed by atoms with Crippen LogP contribution in [0.1, 0.15) is 36.8 Å². The molecule has 0 amide bonds. The van der Waals surface area contributed by atoms with Gasteiger partial charge in [-0.25, -0.2) is 0 Å². The van der Waals surface area contributed by atoms with Gasteiger partial charge < -0.3 is 4.74 Å². The normalized spacial score (nSPS) is 20.9. The molecule has 1 fully saturated rings. The summed E-state index contributed by atoms with van der Waals surface area (Å²) in [7, 11) is 0. The summed E-state index contributed by atoms with van der Waals surface area (Å²) in [4.78, 5) is 11.3. The zero-order valence-electron chi connectivity index (χ0n) is 9.95. The number of aryl methyl sites for hydroxylation is 2. The second-order valence-corrected chi connectivity index (χ2v) is 4.70. The van der Waals surface area contributed by atoms with E-state index in [9.17, 15) is 4.79 Å². The Morgan fingerprint density at radius 3 is 2.50 bits per heavy atom. The molecule has 86 valence electrons. The van der Waals surface area contributed by atoms with E-state index in [1.165, 1.54) is 11.1 Å². The number of Topliss-reactive ketones (excluding diaryl/α,β-unsaturated/α-hetero) is 1. The molecule has 1 aromatic carbocycles. The first-order valence-electron chi connectivity index (χ1n) is 5.90. The molecule has 2 rings (SSSR count). The predicted molar refractivity (Wildman–Crippen MR) is 63.8 cm³/mol. The first-order valence-corrected chi connectivity index (χ1v) is 5.90. The molecule has 1 unspecified atom stereocenters. The number of carbonyl (C=O) groups excluding carboxylic acids is 1. The monoisotopic (exact) mass is 218 g/mol. The van der Waals surface area contributed by atoms with Crippen molar-refractivity contribution in [2.75, 3.05) is 0 Å². The third kappa shape index (κ3) is 2.84. The quantitative estimate of drug-likeness (QED) is 0.762. The van der Waals surface area contributed by atoms with Gasteiger partial charge in [0.1, 0.15) is 17.6 Å². The molecular weight excluding hydrogens is 200 g/mol. The topological polar surface area (TPSA) is 26.3 Å². The third-order valence-corrected chi connectivity index (χ3v) is 2.94. The Kier molecular flexibility index (Phi) is 3.28. The van der Waals surface area contributed by atoms with E-state index in [0.717, 1.165) is 25.0 Å². The van der Waals surface area contributed by atoms with E-state index < -0.39 is 0 Å². The fourth-order valence-electron chi connectivity index (χ4n) is 2.28. The van der Waals surface area contributed by atoms with Crippen LogP contribution in [0.5, 0.6) is 5.75 Å². The molecule has 1 aliphatic rings. The number of hydrogen-bond acceptors (Lipinski definition) is 2. The molecule has 0 N–H and O–H groups in total. The van der Waals surface area contributed by atoms with Crippen molar-refractivity contribution >= 4 is 5.78 Å². The molecule has 0 spiro atoms. The molecule has 1 aliphatic carbocycles. The maximum atomic E-state index is 11.3.